The molecule has 0 bridgehead atoms. The van der Waals surface area contributed by atoms with E-state index >= 15 is 0 Å². The molecule has 9 nitrogen and oxygen atoms in total. The molecule has 10 heteroatoms. The van der Waals surface area contributed by atoms with Crippen molar-refractivity contribution in [3.8, 4) is 11.5 Å². The van der Waals surface area contributed by atoms with Crippen LogP contribution in [0.2, 0.25) is 0 Å². The summed E-state index contributed by atoms with van der Waals surface area (Å²) in [5, 5.41) is 2.80. The standard InChI is InChI=1S/C30H37N3O6S/c1-6-26(30(35)31-7-2)32(20-23-11-10-12-24(19-23)38-4)29(34)21-33(27-13-8-9-14-28(27)39-5)40(36,37)25-17-15-22(3)16-18-25/h8-19,26H,6-7,20-21H2,1-5H3,(H,31,35)/t26-/m0/s1. The van der Waals surface area contributed by atoms with Gasteiger partial charge in [-0.25, -0.2) is 8.42 Å². The number of methoxy groups -OCH3 is 2. The molecule has 0 saturated heterocycles. The molecule has 0 aliphatic carbocycles. The first kappa shape index (κ1) is 30.5. The quantitative estimate of drug-likeness (QED) is 0.333. The Bertz CT molecular complexity index is 1410. The lowest BCUT2D eigenvalue weighted by Gasteiger charge is -2.33. The second kappa shape index (κ2) is 13.8. The third-order valence-corrected chi connectivity index (χ3v) is 8.24. The van der Waals surface area contributed by atoms with Gasteiger partial charge in [-0.3, -0.25) is 13.9 Å². The van der Waals surface area contributed by atoms with Gasteiger partial charge in [0.05, 0.1) is 24.8 Å². The number of benzene rings is 3. The SMILES string of the molecule is CCNC(=O)[C@H](CC)N(Cc1cccc(OC)c1)C(=O)CN(c1ccccc1OC)S(=O)(=O)c1ccc(C)cc1. The molecule has 0 aliphatic rings. The van der Waals surface area contributed by atoms with Gasteiger partial charge in [0.1, 0.15) is 24.1 Å². The van der Waals surface area contributed by atoms with Crippen LogP contribution in [0.25, 0.3) is 0 Å². The van der Waals surface area contributed by atoms with E-state index in [1.165, 1.54) is 24.1 Å². The van der Waals surface area contributed by atoms with E-state index in [9.17, 15) is 18.0 Å². The molecule has 3 aromatic carbocycles. The Morgan fingerprint density at radius 1 is 0.925 bits per heavy atom. The van der Waals surface area contributed by atoms with Crippen LogP contribution in [0, 0.1) is 6.92 Å². The molecule has 1 N–H and O–H groups in total. The van der Waals surface area contributed by atoms with Gasteiger partial charge in [0, 0.05) is 13.1 Å². The molecule has 2 amide bonds. The van der Waals surface area contributed by atoms with Gasteiger partial charge >= 0.3 is 0 Å². The maximum Gasteiger partial charge on any atom is 0.264 e. The molecule has 40 heavy (non-hydrogen) atoms. The Hall–Kier alpha value is -4.05. The summed E-state index contributed by atoms with van der Waals surface area (Å²) in [6.07, 6.45) is 0.334. The minimum atomic E-state index is -4.19. The maximum atomic E-state index is 14.1. The Morgan fingerprint density at radius 3 is 2.25 bits per heavy atom. The highest BCUT2D eigenvalue weighted by atomic mass is 32.2. The molecule has 0 unspecified atom stereocenters. The number of likely N-dealkylation sites (N-methyl/N-ethyl adjacent to an activating group) is 1. The second-order valence-corrected chi connectivity index (χ2v) is 11.1. The summed E-state index contributed by atoms with van der Waals surface area (Å²) in [6.45, 7) is 5.40. The van der Waals surface area contributed by atoms with E-state index in [4.69, 9.17) is 9.47 Å². The number of amides is 2. The van der Waals surface area contributed by atoms with Gasteiger partial charge in [0.25, 0.3) is 10.0 Å². The van der Waals surface area contributed by atoms with Gasteiger partial charge in [-0.15, -0.1) is 0 Å². The van der Waals surface area contributed by atoms with Crippen molar-refractivity contribution < 1.29 is 27.5 Å². The first-order valence-corrected chi connectivity index (χ1v) is 14.5. The van der Waals surface area contributed by atoms with Crippen LogP contribution < -0.4 is 19.1 Å². The van der Waals surface area contributed by atoms with Gasteiger partial charge in [-0.1, -0.05) is 48.9 Å². The van der Waals surface area contributed by atoms with Crippen molar-refractivity contribution in [2.24, 2.45) is 0 Å². The number of carbonyl (C=O) groups excluding carboxylic acids is 2. The summed E-state index contributed by atoms with van der Waals surface area (Å²) in [4.78, 5) is 28.6. The third-order valence-electron chi connectivity index (χ3n) is 6.47. The Labute approximate surface area is 236 Å². The smallest absolute Gasteiger partial charge is 0.264 e. The average molecular weight is 568 g/mol. The number of hydrogen-bond donors (Lipinski definition) is 1. The second-order valence-electron chi connectivity index (χ2n) is 9.19. The topological polar surface area (TPSA) is 105 Å². The highest BCUT2D eigenvalue weighted by Gasteiger charge is 2.34. The molecular weight excluding hydrogens is 530 g/mol. The molecule has 0 heterocycles. The first-order valence-electron chi connectivity index (χ1n) is 13.1. The highest BCUT2D eigenvalue weighted by Crippen LogP contribution is 2.32. The number of nitrogens with one attached hydrogen (secondary N) is 1. The zero-order valence-electron chi connectivity index (χ0n) is 23.6. The molecule has 0 radical (unpaired) electrons. The van der Waals surface area contributed by atoms with E-state index in [0.29, 0.717) is 24.5 Å². The fraction of sp³-hybridized carbons (Fsp3) is 0.333. The zero-order chi connectivity index (χ0) is 29.3. The molecule has 3 rings (SSSR count). The number of nitrogens with zero attached hydrogens (tertiary/aromatic N) is 2. The van der Waals surface area contributed by atoms with Gasteiger partial charge in [0.2, 0.25) is 11.8 Å². The predicted octanol–water partition coefficient (Wildman–Crippen LogP) is 4.15. The molecule has 3 aromatic rings. The van der Waals surface area contributed by atoms with E-state index in [0.717, 1.165) is 15.4 Å². The van der Waals surface area contributed by atoms with E-state index in [-0.39, 0.29) is 23.0 Å². The normalized spacial score (nSPS) is 11.8. The highest BCUT2D eigenvalue weighted by molar-refractivity contribution is 7.92. The molecule has 1 atom stereocenters. The largest absolute Gasteiger partial charge is 0.497 e. The maximum absolute atomic E-state index is 14.1. The lowest BCUT2D eigenvalue weighted by Crippen LogP contribution is -2.52. The average Bonchev–Trinajstić information content (AvgIpc) is 2.96. The number of ether oxygens (including phenoxy) is 2. The van der Waals surface area contributed by atoms with Crippen molar-refractivity contribution in [1.29, 1.82) is 0 Å². The number of sulfonamides is 1. The van der Waals surface area contributed by atoms with Crippen LogP contribution in [-0.4, -0.2) is 58.5 Å². The van der Waals surface area contributed by atoms with Crippen molar-refractivity contribution >= 4 is 27.5 Å². The van der Waals surface area contributed by atoms with Crippen molar-refractivity contribution in [3.63, 3.8) is 0 Å². The zero-order valence-corrected chi connectivity index (χ0v) is 24.4. The summed E-state index contributed by atoms with van der Waals surface area (Å²) in [5.41, 5.74) is 1.85. The fourth-order valence-electron chi connectivity index (χ4n) is 4.37. The molecule has 0 aliphatic heterocycles. The van der Waals surface area contributed by atoms with Crippen LogP contribution in [0.5, 0.6) is 11.5 Å². The van der Waals surface area contributed by atoms with E-state index in [1.54, 1.807) is 68.6 Å². The molecule has 0 spiro atoms. The summed E-state index contributed by atoms with van der Waals surface area (Å²) in [7, 11) is -1.21. The van der Waals surface area contributed by atoms with Crippen molar-refractivity contribution in [3.05, 3.63) is 83.9 Å². The Morgan fingerprint density at radius 2 is 1.62 bits per heavy atom. The minimum absolute atomic E-state index is 0.0342. The lowest BCUT2D eigenvalue weighted by atomic mass is 10.1. The van der Waals surface area contributed by atoms with E-state index < -0.39 is 28.5 Å². The van der Waals surface area contributed by atoms with Gasteiger partial charge < -0.3 is 19.7 Å². The fourth-order valence-corrected chi connectivity index (χ4v) is 5.79. The molecule has 0 fully saturated rings. The van der Waals surface area contributed by atoms with Gasteiger partial charge in [-0.2, -0.15) is 0 Å². The number of hydrogen-bond acceptors (Lipinski definition) is 6. The van der Waals surface area contributed by atoms with Crippen molar-refractivity contribution in [1.82, 2.24) is 10.2 Å². The molecule has 0 aromatic heterocycles. The Kier molecular flexibility index (Phi) is 10.6. The van der Waals surface area contributed by atoms with Gasteiger partial charge in [-0.05, 0) is 62.2 Å². The lowest BCUT2D eigenvalue weighted by molar-refractivity contribution is -0.140. The first-order chi connectivity index (χ1) is 19.2. The van der Waals surface area contributed by atoms with Crippen LogP contribution >= 0.6 is 0 Å². The minimum Gasteiger partial charge on any atom is -0.497 e. The summed E-state index contributed by atoms with van der Waals surface area (Å²) < 4.78 is 39.8. The van der Waals surface area contributed by atoms with Crippen molar-refractivity contribution in [2.45, 2.75) is 44.7 Å². The van der Waals surface area contributed by atoms with Crippen LogP contribution in [-0.2, 0) is 26.2 Å². The monoisotopic (exact) mass is 567 g/mol. The van der Waals surface area contributed by atoms with Crippen molar-refractivity contribution in [2.75, 3.05) is 31.6 Å². The number of anilines is 1. The number of aryl methyl sites for hydroxylation is 1. The number of carbonyl (C=O) groups is 2. The molecule has 0 saturated carbocycles. The van der Waals surface area contributed by atoms with Crippen LogP contribution in [0.3, 0.4) is 0 Å². The summed E-state index contributed by atoms with van der Waals surface area (Å²) in [5.74, 6) is 0.0450. The van der Waals surface area contributed by atoms with E-state index in [1.807, 2.05) is 19.9 Å². The summed E-state index contributed by atoms with van der Waals surface area (Å²) in [6, 6.07) is 19.4. The van der Waals surface area contributed by atoms with Gasteiger partial charge in [0.15, 0.2) is 0 Å². The Balaban J connectivity index is 2.10. The third kappa shape index (κ3) is 7.12. The van der Waals surface area contributed by atoms with Crippen LogP contribution in [0.1, 0.15) is 31.4 Å². The predicted molar refractivity (Wildman–Crippen MR) is 155 cm³/mol. The molecule has 214 valence electrons. The number of rotatable bonds is 13. The van der Waals surface area contributed by atoms with Crippen LogP contribution in [0.4, 0.5) is 5.69 Å². The van der Waals surface area contributed by atoms with Crippen LogP contribution in [0.15, 0.2) is 77.7 Å². The summed E-state index contributed by atoms with van der Waals surface area (Å²) >= 11 is 0. The van der Waals surface area contributed by atoms with E-state index in [2.05, 4.69) is 5.32 Å². The molecular formula is C30H37N3O6S. The number of para-hydroxylation sites is 2.